The van der Waals surface area contributed by atoms with E-state index in [0.29, 0.717) is 25.4 Å². The van der Waals surface area contributed by atoms with Gasteiger partial charge >= 0.3 is 6.03 Å². The standard InChI is InChI=1S/C19H23N3O3/c1-21-9-10-22(13-15-5-3-4-6-16(15)21)19(24)20-12-14-7-8-17(23)18(11-14)25-2/h3-8,11,23H,9-10,12-13H2,1-2H3,(H,20,24). The first kappa shape index (κ1) is 17.0. The lowest BCUT2D eigenvalue weighted by atomic mass is 10.1. The van der Waals surface area contributed by atoms with Crippen LogP contribution in [-0.4, -0.2) is 43.3 Å². The lowest BCUT2D eigenvalue weighted by Gasteiger charge is -2.21. The van der Waals surface area contributed by atoms with Crippen LogP contribution in [0.25, 0.3) is 0 Å². The monoisotopic (exact) mass is 341 g/mol. The zero-order chi connectivity index (χ0) is 17.8. The average molecular weight is 341 g/mol. The molecule has 0 unspecified atom stereocenters. The molecular formula is C19H23N3O3. The number of hydrogen-bond acceptors (Lipinski definition) is 4. The molecule has 0 radical (unpaired) electrons. The van der Waals surface area contributed by atoms with Gasteiger partial charge < -0.3 is 25.0 Å². The maximum atomic E-state index is 12.6. The van der Waals surface area contributed by atoms with E-state index in [1.165, 1.54) is 12.8 Å². The number of rotatable bonds is 3. The summed E-state index contributed by atoms with van der Waals surface area (Å²) < 4.78 is 5.10. The first-order chi connectivity index (χ1) is 12.1. The summed E-state index contributed by atoms with van der Waals surface area (Å²) in [5.41, 5.74) is 3.18. The van der Waals surface area contributed by atoms with Gasteiger partial charge in [0.05, 0.1) is 7.11 Å². The molecule has 0 aliphatic carbocycles. The SMILES string of the molecule is COc1cc(CNC(=O)N2CCN(C)c3ccccc3C2)ccc1O. The van der Waals surface area contributed by atoms with Crippen molar-refractivity contribution in [1.29, 1.82) is 0 Å². The van der Waals surface area contributed by atoms with Crippen molar-refractivity contribution >= 4 is 11.7 Å². The number of phenolic OH excluding ortho intramolecular Hbond substituents is 1. The molecule has 0 saturated carbocycles. The number of benzene rings is 2. The van der Waals surface area contributed by atoms with Crippen LogP contribution in [0.3, 0.4) is 0 Å². The Hall–Kier alpha value is -2.89. The van der Waals surface area contributed by atoms with E-state index in [9.17, 15) is 9.90 Å². The van der Waals surface area contributed by atoms with Gasteiger partial charge in [-0.2, -0.15) is 0 Å². The average Bonchev–Trinajstić information content (AvgIpc) is 2.80. The molecule has 2 amide bonds. The maximum absolute atomic E-state index is 12.6. The number of methoxy groups -OCH3 is 1. The highest BCUT2D eigenvalue weighted by molar-refractivity contribution is 5.75. The van der Waals surface area contributed by atoms with Gasteiger partial charge in [-0.1, -0.05) is 24.3 Å². The van der Waals surface area contributed by atoms with Crippen molar-refractivity contribution in [2.75, 3.05) is 32.1 Å². The van der Waals surface area contributed by atoms with Gasteiger partial charge in [-0.15, -0.1) is 0 Å². The van der Waals surface area contributed by atoms with E-state index in [-0.39, 0.29) is 11.8 Å². The number of anilines is 1. The number of carbonyl (C=O) groups is 1. The molecule has 2 aromatic carbocycles. The summed E-state index contributed by atoms with van der Waals surface area (Å²) in [4.78, 5) is 16.6. The largest absolute Gasteiger partial charge is 0.504 e. The molecule has 0 fully saturated rings. The third-order valence-corrected chi connectivity index (χ3v) is 4.44. The summed E-state index contributed by atoms with van der Waals surface area (Å²) in [7, 11) is 3.55. The molecule has 0 atom stereocenters. The van der Waals surface area contributed by atoms with Crippen molar-refractivity contribution in [1.82, 2.24) is 10.2 Å². The molecule has 2 aromatic rings. The third kappa shape index (κ3) is 3.79. The highest BCUT2D eigenvalue weighted by Gasteiger charge is 2.20. The number of phenols is 1. The van der Waals surface area contributed by atoms with E-state index in [2.05, 4.69) is 22.3 Å². The number of aromatic hydroxyl groups is 1. The molecule has 0 saturated heterocycles. The topological polar surface area (TPSA) is 65.0 Å². The Morgan fingerprint density at radius 3 is 2.84 bits per heavy atom. The predicted octanol–water partition coefficient (Wildman–Crippen LogP) is 2.56. The van der Waals surface area contributed by atoms with Gasteiger partial charge in [-0.25, -0.2) is 4.79 Å². The van der Waals surface area contributed by atoms with Crippen LogP contribution in [0.4, 0.5) is 10.5 Å². The highest BCUT2D eigenvalue weighted by atomic mass is 16.5. The van der Waals surface area contributed by atoms with Crippen molar-refractivity contribution in [2.45, 2.75) is 13.1 Å². The third-order valence-electron chi connectivity index (χ3n) is 4.44. The fraction of sp³-hybridized carbons (Fsp3) is 0.316. The Morgan fingerprint density at radius 2 is 2.04 bits per heavy atom. The molecule has 6 nitrogen and oxygen atoms in total. The molecule has 0 spiro atoms. The van der Waals surface area contributed by atoms with E-state index in [0.717, 1.165) is 17.7 Å². The van der Waals surface area contributed by atoms with Crippen LogP contribution in [0.1, 0.15) is 11.1 Å². The van der Waals surface area contributed by atoms with Gasteiger partial charge in [-0.05, 0) is 29.3 Å². The fourth-order valence-electron chi connectivity index (χ4n) is 2.99. The van der Waals surface area contributed by atoms with Crippen molar-refractivity contribution in [3.05, 3.63) is 53.6 Å². The first-order valence-electron chi connectivity index (χ1n) is 8.26. The van der Waals surface area contributed by atoms with Crippen LogP contribution >= 0.6 is 0 Å². The number of hydrogen-bond donors (Lipinski definition) is 2. The van der Waals surface area contributed by atoms with E-state index in [1.807, 2.05) is 24.1 Å². The molecule has 1 aliphatic heterocycles. The number of urea groups is 1. The highest BCUT2D eigenvalue weighted by Crippen LogP contribution is 2.26. The van der Waals surface area contributed by atoms with E-state index in [4.69, 9.17) is 4.74 Å². The molecule has 1 aliphatic rings. The molecule has 0 aromatic heterocycles. The summed E-state index contributed by atoms with van der Waals surface area (Å²) in [6.45, 7) is 2.42. The molecule has 6 heteroatoms. The van der Waals surface area contributed by atoms with Gasteiger partial charge in [0.25, 0.3) is 0 Å². The Bertz CT molecular complexity index is 763. The molecule has 0 bridgehead atoms. The van der Waals surface area contributed by atoms with Crippen molar-refractivity contribution in [3.8, 4) is 11.5 Å². The second kappa shape index (κ2) is 7.34. The van der Waals surface area contributed by atoms with Crippen LogP contribution in [0.5, 0.6) is 11.5 Å². The number of fused-ring (bicyclic) bond motifs is 1. The molecule has 2 N–H and O–H groups in total. The van der Waals surface area contributed by atoms with Crippen molar-refractivity contribution in [2.24, 2.45) is 0 Å². The van der Waals surface area contributed by atoms with E-state index >= 15 is 0 Å². The number of carbonyl (C=O) groups excluding carboxylic acids is 1. The summed E-state index contributed by atoms with van der Waals surface area (Å²) in [6.07, 6.45) is 0. The molecule has 25 heavy (non-hydrogen) atoms. The zero-order valence-corrected chi connectivity index (χ0v) is 14.5. The second-order valence-corrected chi connectivity index (χ2v) is 6.14. The number of nitrogens with one attached hydrogen (secondary N) is 1. The van der Waals surface area contributed by atoms with E-state index < -0.39 is 0 Å². The van der Waals surface area contributed by atoms with Gasteiger partial charge in [0, 0.05) is 38.9 Å². The van der Waals surface area contributed by atoms with Gasteiger partial charge in [0.15, 0.2) is 11.5 Å². The fourth-order valence-corrected chi connectivity index (χ4v) is 2.99. The molecule has 1 heterocycles. The maximum Gasteiger partial charge on any atom is 0.318 e. The number of likely N-dealkylation sites (N-methyl/N-ethyl adjacent to an activating group) is 1. The quantitative estimate of drug-likeness (QED) is 0.901. The van der Waals surface area contributed by atoms with Gasteiger partial charge in [0.2, 0.25) is 0 Å². The summed E-state index contributed by atoms with van der Waals surface area (Å²) in [5.74, 6) is 0.488. The van der Waals surface area contributed by atoms with Gasteiger partial charge in [-0.3, -0.25) is 0 Å². The summed E-state index contributed by atoms with van der Waals surface area (Å²) in [5, 5.41) is 12.6. The Morgan fingerprint density at radius 1 is 1.24 bits per heavy atom. The predicted molar refractivity (Wildman–Crippen MR) is 97.0 cm³/mol. The smallest absolute Gasteiger partial charge is 0.318 e. The minimum atomic E-state index is -0.0999. The first-order valence-corrected chi connectivity index (χ1v) is 8.26. The van der Waals surface area contributed by atoms with Crippen LogP contribution in [0, 0.1) is 0 Å². The Labute approximate surface area is 147 Å². The van der Waals surface area contributed by atoms with Crippen LogP contribution in [0.2, 0.25) is 0 Å². The summed E-state index contributed by atoms with van der Waals surface area (Å²) in [6, 6.07) is 13.1. The normalized spacial score (nSPS) is 13.8. The lowest BCUT2D eigenvalue weighted by molar-refractivity contribution is 0.197. The Balaban J connectivity index is 1.66. The lowest BCUT2D eigenvalue weighted by Crippen LogP contribution is -2.41. The minimum Gasteiger partial charge on any atom is -0.504 e. The molecule has 132 valence electrons. The van der Waals surface area contributed by atoms with Crippen LogP contribution in [0.15, 0.2) is 42.5 Å². The van der Waals surface area contributed by atoms with Crippen LogP contribution < -0.4 is 15.0 Å². The van der Waals surface area contributed by atoms with E-state index in [1.54, 1.807) is 18.2 Å². The van der Waals surface area contributed by atoms with Crippen molar-refractivity contribution in [3.63, 3.8) is 0 Å². The second-order valence-electron chi connectivity index (χ2n) is 6.14. The van der Waals surface area contributed by atoms with Crippen molar-refractivity contribution < 1.29 is 14.6 Å². The minimum absolute atomic E-state index is 0.0877. The molecule has 3 rings (SSSR count). The van der Waals surface area contributed by atoms with Gasteiger partial charge in [0.1, 0.15) is 0 Å². The zero-order valence-electron chi connectivity index (χ0n) is 14.5. The number of para-hydroxylation sites is 1. The number of nitrogens with zero attached hydrogens (tertiary/aromatic N) is 2. The summed E-state index contributed by atoms with van der Waals surface area (Å²) >= 11 is 0. The molecular weight excluding hydrogens is 318 g/mol. The number of ether oxygens (including phenoxy) is 1. The number of amides is 2. The van der Waals surface area contributed by atoms with Crippen LogP contribution in [-0.2, 0) is 13.1 Å². The Kier molecular flexibility index (Phi) is 4.97.